The summed E-state index contributed by atoms with van der Waals surface area (Å²) < 4.78 is 12.9. The topological polar surface area (TPSA) is 152 Å². The molecule has 11 heteroatoms. The van der Waals surface area contributed by atoms with E-state index in [-0.39, 0.29) is 18.2 Å². The fourth-order valence-electron chi connectivity index (χ4n) is 2.98. The number of nitrogens with zero attached hydrogens (tertiary/aromatic N) is 7. The molecular weight excluding hydrogens is 366 g/mol. The summed E-state index contributed by atoms with van der Waals surface area (Å²) >= 11 is 0. The fourth-order valence-corrected chi connectivity index (χ4v) is 2.98. The van der Waals surface area contributed by atoms with Gasteiger partial charge < -0.3 is 19.7 Å². The van der Waals surface area contributed by atoms with Crippen LogP contribution in [0.1, 0.15) is 24.5 Å². The normalized spacial score (nSPS) is 24.4. The SMILES string of the molecule is C[C@H]1O[C@@H](n2cnc3c(OCCc4ccc(C#N)nn4)ncnc32)[C@H](O)[C@@H]1O. The Morgan fingerprint density at radius 1 is 1.21 bits per heavy atom. The van der Waals surface area contributed by atoms with Crippen LogP contribution in [0.3, 0.4) is 0 Å². The molecule has 3 aromatic heterocycles. The van der Waals surface area contributed by atoms with Crippen molar-refractivity contribution >= 4 is 11.2 Å². The molecule has 3 aromatic rings. The molecule has 2 N–H and O–H groups in total. The van der Waals surface area contributed by atoms with E-state index in [0.717, 1.165) is 0 Å². The third-order valence-corrected chi connectivity index (χ3v) is 4.51. The molecule has 0 radical (unpaired) electrons. The predicted octanol–water partition coefficient (Wildman–Crippen LogP) is -0.251. The van der Waals surface area contributed by atoms with Gasteiger partial charge in [0.1, 0.15) is 24.6 Å². The van der Waals surface area contributed by atoms with Gasteiger partial charge in [0.2, 0.25) is 5.88 Å². The van der Waals surface area contributed by atoms with Crippen LogP contribution in [0.25, 0.3) is 11.2 Å². The molecular formula is C17H17N7O4. The first-order chi connectivity index (χ1) is 13.6. The summed E-state index contributed by atoms with van der Waals surface area (Å²) in [6.45, 7) is 1.96. The van der Waals surface area contributed by atoms with Gasteiger partial charge in [-0.2, -0.15) is 15.3 Å². The van der Waals surface area contributed by atoms with Gasteiger partial charge in [0, 0.05) is 6.42 Å². The van der Waals surface area contributed by atoms with Gasteiger partial charge in [-0.15, -0.1) is 5.10 Å². The lowest BCUT2D eigenvalue weighted by atomic mass is 10.1. The molecule has 28 heavy (non-hydrogen) atoms. The molecule has 0 amide bonds. The second kappa shape index (κ2) is 7.43. The van der Waals surface area contributed by atoms with Crippen molar-refractivity contribution in [3.8, 4) is 11.9 Å². The van der Waals surface area contributed by atoms with Crippen molar-refractivity contribution in [2.75, 3.05) is 6.61 Å². The number of rotatable bonds is 5. The number of hydrogen-bond acceptors (Lipinski definition) is 10. The summed E-state index contributed by atoms with van der Waals surface area (Å²) in [5, 5.41) is 36.6. The maximum absolute atomic E-state index is 10.2. The largest absolute Gasteiger partial charge is 0.476 e. The van der Waals surface area contributed by atoms with Crippen molar-refractivity contribution in [3.63, 3.8) is 0 Å². The van der Waals surface area contributed by atoms with Crippen LogP contribution in [0.15, 0.2) is 24.8 Å². The minimum atomic E-state index is -1.10. The third-order valence-electron chi connectivity index (χ3n) is 4.51. The van der Waals surface area contributed by atoms with Crippen molar-refractivity contribution in [3.05, 3.63) is 36.2 Å². The molecule has 0 spiro atoms. The Balaban J connectivity index is 1.49. The van der Waals surface area contributed by atoms with Crippen LogP contribution in [-0.2, 0) is 11.2 Å². The van der Waals surface area contributed by atoms with Gasteiger partial charge in [0.15, 0.2) is 23.1 Å². The minimum absolute atomic E-state index is 0.253. The Kier molecular flexibility index (Phi) is 4.82. The van der Waals surface area contributed by atoms with E-state index in [4.69, 9.17) is 14.7 Å². The maximum Gasteiger partial charge on any atom is 0.245 e. The Labute approximate surface area is 159 Å². The molecule has 11 nitrogen and oxygen atoms in total. The quantitative estimate of drug-likeness (QED) is 0.603. The zero-order chi connectivity index (χ0) is 19.7. The van der Waals surface area contributed by atoms with E-state index in [1.165, 1.54) is 12.7 Å². The summed E-state index contributed by atoms with van der Waals surface area (Å²) in [5.41, 5.74) is 1.77. The van der Waals surface area contributed by atoms with Gasteiger partial charge in [-0.25, -0.2) is 9.97 Å². The molecule has 144 valence electrons. The number of nitriles is 1. The Morgan fingerprint density at radius 3 is 2.75 bits per heavy atom. The van der Waals surface area contributed by atoms with Crippen molar-refractivity contribution in [2.45, 2.75) is 37.9 Å². The second-order valence-electron chi connectivity index (χ2n) is 6.34. The first-order valence-corrected chi connectivity index (χ1v) is 8.63. The molecule has 0 aromatic carbocycles. The molecule has 1 aliphatic rings. The van der Waals surface area contributed by atoms with E-state index in [9.17, 15) is 10.2 Å². The molecule has 0 aliphatic carbocycles. The molecule has 4 heterocycles. The molecule has 0 unspecified atom stereocenters. The molecule has 4 atom stereocenters. The number of fused-ring (bicyclic) bond motifs is 1. The monoisotopic (exact) mass is 383 g/mol. The average molecular weight is 383 g/mol. The van der Waals surface area contributed by atoms with Crippen molar-refractivity contribution in [1.82, 2.24) is 29.7 Å². The second-order valence-corrected chi connectivity index (χ2v) is 6.34. The fraction of sp³-hybridized carbons (Fsp3) is 0.412. The molecule has 1 saturated heterocycles. The van der Waals surface area contributed by atoms with Gasteiger partial charge in [0.25, 0.3) is 0 Å². The summed E-state index contributed by atoms with van der Waals surface area (Å²) in [7, 11) is 0. The van der Waals surface area contributed by atoms with Crippen LogP contribution in [0.5, 0.6) is 5.88 Å². The van der Waals surface area contributed by atoms with Crippen LogP contribution in [0.4, 0.5) is 0 Å². The summed E-state index contributed by atoms with van der Waals surface area (Å²) in [6.07, 6.45) is -0.125. The molecule has 0 bridgehead atoms. The number of imidazole rings is 1. The third kappa shape index (κ3) is 3.24. The van der Waals surface area contributed by atoms with Gasteiger partial charge in [0.05, 0.1) is 24.7 Å². The highest BCUT2D eigenvalue weighted by atomic mass is 16.6. The van der Waals surface area contributed by atoms with E-state index < -0.39 is 24.5 Å². The van der Waals surface area contributed by atoms with Crippen molar-refractivity contribution in [2.24, 2.45) is 0 Å². The van der Waals surface area contributed by atoms with Gasteiger partial charge in [-0.05, 0) is 19.1 Å². The van der Waals surface area contributed by atoms with Gasteiger partial charge in [-0.1, -0.05) is 0 Å². The summed E-state index contributed by atoms with van der Waals surface area (Å²) in [6, 6.07) is 5.22. The predicted molar refractivity (Wildman–Crippen MR) is 92.9 cm³/mol. The average Bonchev–Trinajstić information content (AvgIpc) is 3.25. The first-order valence-electron chi connectivity index (χ1n) is 8.63. The highest BCUT2D eigenvalue weighted by Gasteiger charge is 2.42. The highest BCUT2D eigenvalue weighted by Crippen LogP contribution is 2.32. The zero-order valence-electron chi connectivity index (χ0n) is 14.9. The van der Waals surface area contributed by atoms with E-state index in [0.29, 0.717) is 23.3 Å². The smallest absolute Gasteiger partial charge is 0.245 e. The highest BCUT2D eigenvalue weighted by molar-refractivity contribution is 5.76. The van der Waals surface area contributed by atoms with Gasteiger partial charge >= 0.3 is 0 Å². The van der Waals surface area contributed by atoms with Crippen molar-refractivity contribution < 1.29 is 19.7 Å². The Hall–Kier alpha value is -3.20. The van der Waals surface area contributed by atoms with E-state index in [1.807, 2.05) is 6.07 Å². The van der Waals surface area contributed by atoms with Crippen molar-refractivity contribution in [1.29, 1.82) is 5.26 Å². The number of hydrogen-bond donors (Lipinski definition) is 2. The number of aliphatic hydroxyl groups excluding tert-OH is 2. The molecule has 0 saturated carbocycles. The van der Waals surface area contributed by atoms with Crippen LogP contribution >= 0.6 is 0 Å². The number of aliphatic hydroxyl groups is 2. The van der Waals surface area contributed by atoms with Crippen LogP contribution in [-0.4, -0.2) is 64.8 Å². The zero-order valence-corrected chi connectivity index (χ0v) is 14.9. The standard InChI is InChI=1S/C17H17N7O4/c1-9-13(25)14(26)17(28-9)24-8-21-12-15(24)19-7-20-16(12)27-5-4-10-2-3-11(6-18)23-22-10/h2-3,7-9,13-14,17,25-26H,4-5H2,1H3/t9-,13-,14-,17-/m1/s1. The van der Waals surface area contributed by atoms with E-state index in [2.05, 4.69) is 25.1 Å². The Bertz CT molecular complexity index is 1020. The lowest BCUT2D eigenvalue weighted by Crippen LogP contribution is -2.30. The van der Waals surface area contributed by atoms with E-state index in [1.54, 1.807) is 23.6 Å². The first kappa shape index (κ1) is 18.2. The minimum Gasteiger partial charge on any atom is -0.476 e. The lowest BCUT2D eigenvalue weighted by Gasteiger charge is -2.16. The van der Waals surface area contributed by atoms with Crippen LogP contribution < -0.4 is 4.74 Å². The lowest BCUT2D eigenvalue weighted by molar-refractivity contribution is -0.0299. The number of aromatic nitrogens is 6. The summed E-state index contributed by atoms with van der Waals surface area (Å²) in [4.78, 5) is 12.6. The van der Waals surface area contributed by atoms with Crippen LogP contribution in [0, 0.1) is 11.3 Å². The maximum atomic E-state index is 10.2. The molecule has 1 fully saturated rings. The Morgan fingerprint density at radius 2 is 2.07 bits per heavy atom. The van der Waals surface area contributed by atoms with Crippen LogP contribution in [0.2, 0.25) is 0 Å². The van der Waals surface area contributed by atoms with Gasteiger partial charge in [-0.3, -0.25) is 4.57 Å². The summed E-state index contributed by atoms with van der Waals surface area (Å²) in [5.74, 6) is 0.284. The number of ether oxygens (including phenoxy) is 2. The molecule has 4 rings (SSSR count). The molecule has 1 aliphatic heterocycles. The van der Waals surface area contributed by atoms with E-state index >= 15 is 0 Å².